The van der Waals surface area contributed by atoms with E-state index in [1.807, 2.05) is 13.8 Å². The maximum Gasteiger partial charge on any atom is 0.356 e. The van der Waals surface area contributed by atoms with Gasteiger partial charge in [-0.05, 0) is 18.3 Å². The van der Waals surface area contributed by atoms with Crippen LogP contribution in [-0.4, -0.2) is 40.8 Å². The number of hydrogen-bond acceptors (Lipinski definition) is 5. The van der Waals surface area contributed by atoms with E-state index in [1.165, 1.54) is 0 Å². The van der Waals surface area contributed by atoms with E-state index in [9.17, 15) is 9.90 Å². The highest BCUT2D eigenvalue weighted by Crippen LogP contribution is 2.30. The first kappa shape index (κ1) is 15.7. The zero-order valence-corrected chi connectivity index (χ0v) is 12.8. The molecular weight excluding hydrogens is 270 g/mol. The molecule has 6 heteroatoms. The van der Waals surface area contributed by atoms with Crippen LogP contribution in [0.15, 0.2) is 6.20 Å². The molecule has 1 aromatic heterocycles. The smallest absolute Gasteiger partial charge is 0.356 e. The Kier molecular flexibility index (Phi) is 4.77. The van der Waals surface area contributed by atoms with Gasteiger partial charge < -0.3 is 15.2 Å². The average molecular weight is 293 g/mol. The lowest BCUT2D eigenvalue weighted by Gasteiger charge is -2.34. The fourth-order valence-electron chi connectivity index (χ4n) is 2.32. The second kappa shape index (κ2) is 6.39. The number of anilines is 1. The van der Waals surface area contributed by atoms with Crippen molar-refractivity contribution in [2.75, 3.05) is 25.1 Å². The van der Waals surface area contributed by atoms with Gasteiger partial charge in [-0.15, -0.1) is 0 Å². The van der Waals surface area contributed by atoms with Crippen molar-refractivity contribution in [1.29, 1.82) is 0 Å². The summed E-state index contributed by atoms with van der Waals surface area (Å²) < 4.78 is 5.37. The highest BCUT2D eigenvalue weighted by molar-refractivity contribution is 5.91. The molecule has 0 radical (unpaired) electrons. The minimum absolute atomic E-state index is 0.0457. The molecule has 0 spiro atoms. The summed E-state index contributed by atoms with van der Waals surface area (Å²) in [6.07, 6.45) is 3.51. The first-order valence-electron chi connectivity index (χ1n) is 7.33. The molecule has 1 aromatic rings. The van der Waals surface area contributed by atoms with Crippen molar-refractivity contribution in [3.8, 4) is 0 Å². The topological polar surface area (TPSA) is 84.3 Å². The van der Waals surface area contributed by atoms with E-state index < -0.39 is 5.97 Å². The van der Waals surface area contributed by atoms with Gasteiger partial charge in [-0.2, -0.15) is 0 Å². The molecule has 1 aliphatic heterocycles. The van der Waals surface area contributed by atoms with Crippen molar-refractivity contribution >= 4 is 11.7 Å². The van der Waals surface area contributed by atoms with Crippen LogP contribution >= 0.6 is 0 Å². The van der Waals surface area contributed by atoms with E-state index in [-0.39, 0.29) is 17.0 Å². The largest absolute Gasteiger partial charge is 0.476 e. The van der Waals surface area contributed by atoms with Gasteiger partial charge in [-0.1, -0.05) is 20.8 Å². The third-order valence-corrected chi connectivity index (χ3v) is 3.93. The molecule has 0 unspecified atom stereocenters. The molecule has 0 saturated carbocycles. The van der Waals surface area contributed by atoms with E-state index in [0.29, 0.717) is 18.1 Å². The summed E-state index contributed by atoms with van der Waals surface area (Å²) in [6, 6.07) is 0. The number of aromatic nitrogens is 2. The van der Waals surface area contributed by atoms with Gasteiger partial charge >= 0.3 is 5.97 Å². The van der Waals surface area contributed by atoms with Crippen LogP contribution in [0.3, 0.4) is 0 Å². The fraction of sp³-hybridized carbons (Fsp3) is 0.667. The summed E-state index contributed by atoms with van der Waals surface area (Å²) in [4.78, 5) is 19.8. The van der Waals surface area contributed by atoms with Crippen LogP contribution < -0.4 is 5.32 Å². The van der Waals surface area contributed by atoms with Crippen LogP contribution in [-0.2, 0) is 4.74 Å². The lowest BCUT2D eigenvalue weighted by Crippen LogP contribution is -2.33. The first-order chi connectivity index (χ1) is 9.91. The summed E-state index contributed by atoms with van der Waals surface area (Å²) in [5, 5.41) is 12.5. The summed E-state index contributed by atoms with van der Waals surface area (Å²) in [7, 11) is 0. The standard InChI is InChI=1S/C15H23N3O3/c1-10(2)13-16-8-11(12(18-13)14(19)20)17-9-15(3)4-6-21-7-5-15/h8,10,17H,4-7,9H2,1-3H3,(H,19,20). The van der Waals surface area contributed by atoms with Crippen LogP contribution in [0.4, 0.5) is 5.69 Å². The zero-order valence-electron chi connectivity index (χ0n) is 12.8. The Bertz CT molecular complexity index is 511. The highest BCUT2D eigenvalue weighted by Gasteiger charge is 2.28. The van der Waals surface area contributed by atoms with Gasteiger partial charge in [0.25, 0.3) is 0 Å². The summed E-state index contributed by atoms with van der Waals surface area (Å²) in [5.74, 6) is -0.376. The van der Waals surface area contributed by atoms with Gasteiger partial charge in [0.05, 0.1) is 11.9 Å². The quantitative estimate of drug-likeness (QED) is 0.868. The third kappa shape index (κ3) is 3.91. The number of carboxylic acid groups (broad SMARTS) is 1. The Hall–Kier alpha value is -1.69. The first-order valence-corrected chi connectivity index (χ1v) is 7.33. The summed E-state index contributed by atoms with van der Waals surface area (Å²) >= 11 is 0. The van der Waals surface area contributed by atoms with Crippen molar-refractivity contribution in [3.63, 3.8) is 0 Å². The van der Waals surface area contributed by atoms with Crippen LogP contribution in [0, 0.1) is 5.41 Å². The predicted molar refractivity (Wildman–Crippen MR) is 79.7 cm³/mol. The normalized spacial score (nSPS) is 17.7. The molecule has 2 rings (SSSR count). The number of carbonyl (C=O) groups is 1. The van der Waals surface area contributed by atoms with E-state index >= 15 is 0 Å². The minimum Gasteiger partial charge on any atom is -0.476 e. The fourth-order valence-corrected chi connectivity index (χ4v) is 2.32. The molecular formula is C15H23N3O3. The van der Waals surface area contributed by atoms with Crippen LogP contribution in [0.2, 0.25) is 0 Å². The third-order valence-electron chi connectivity index (χ3n) is 3.93. The van der Waals surface area contributed by atoms with Crippen LogP contribution in [0.25, 0.3) is 0 Å². The highest BCUT2D eigenvalue weighted by atomic mass is 16.5. The number of ether oxygens (including phenoxy) is 1. The molecule has 0 aliphatic carbocycles. The van der Waals surface area contributed by atoms with Crippen molar-refractivity contribution in [2.24, 2.45) is 5.41 Å². The van der Waals surface area contributed by atoms with Gasteiger partial charge in [0.1, 0.15) is 5.82 Å². The molecule has 21 heavy (non-hydrogen) atoms. The molecule has 0 atom stereocenters. The van der Waals surface area contributed by atoms with Gasteiger partial charge in [0.15, 0.2) is 5.69 Å². The number of nitrogens with zero attached hydrogens (tertiary/aromatic N) is 2. The molecule has 2 heterocycles. The number of nitrogens with one attached hydrogen (secondary N) is 1. The lowest BCUT2D eigenvalue weighted by molar-refractivity contribution is 0.0299. The SMILES string of the molecule is CC(C)c1ncc(NCC2(C)CCOCC2)c(C(=O)O)n1. The summed E-state index contributed by atoms with van der Waals surface area (Å²) in [6.45, 7) is 8.28. The van der Waals surface area contributed by atoms with E-state index in [0.717, 1.165) is 26.1 Å². The second-order valence-electron chi connectivity index (χ2n) is 6.23. The molecule has 0 bridgehead atoms. The van der Waals surface area contributed by atoms with E-state index in [2.05, 4.69) is 22.2 Å². The Balaban J connectivity index is 2.13. The van der Waals surface area contributed by atoms with Gasteiger partial charge in [0, 0.05) is 25.7 Å². The second-order valence-corrected chi connectivity index (χ2v) is 6.23. The minimum atomic E-state index is -1.03. The Morgan fingerprint density at radius 3 is 2.71 bits per heavy atom. The van der Waals surface area contributed by atoms with Crippen molar-refractivity contribution in [2.45, 2.75) is 39.5 Å². The van der Waals surface area contributed by atoms with Crippen molar-refractivity contribution < 1.29 is 14.6 Å². The lowest BCUT2D eigenvalue weighted by atomic mass is 9.82. The number of aromatic carboxylic acids is 1. The maximum atomic E-state index is 11.4. The molecule has 2 N–H and O–H groups in total. The summed E-state index contributed by atoms with van der Waals surface area (Å²) in [5.41, 5.74) is 0.647. The molecule has 0 amide bonds. The maximum absolute atomic E-state index is 11.4. The predicted octanol–water partition coefficient (Wildman–Crippen LogP) is 2.53. The van der Waals surface area contributed by atoms with Gasteiger partial charge in [-0.3, -0.25) is 0 Å². The van der Waals surface area contributed by atoms with Crippen molar-refractivity contribution in [1.82, 2.24) is 9.97 Å². The average Bonchev–Trinajstić information content (AvgIpc) is 2.45. The van der Waals surface area contributed by atoms with Crippen molar-refractivity contribution in [3.05, 3.63) is 17.7 Å². The molecule has 1 fully saturated rings. The number of carboxylic acids is 1. The molecule has 6 nitrogen and oxygen atoms in total. The molecule has 1 saturated heterocycles. The Morgan fingerprint density at radius 1 is 1.48 bits per heavy atom. The monoisotopic (exact) mass is 293 g/mol. The van der Waals surface area contributed by atoms with E-state index in [1.54, 1.807) is 6.20 Å². The van der Waals surface area contributed by atoms with Crippen LogP contribution in [0.5, 0.6) is 0 Å². The van der Waals surface area contributed by atoms with Gasteiger partial charge in [-0.25, -0.2) is 14.8 Å². The molecule has 116 valence electrons. The molecule has 0 aromatic carbocycles. The van der Waals surface area contributed by atoms with Crippen LogP contribution in [0.1, 0.15) is 55.8 Å². The Labute approximate surface area is 124 Å². The van der Waals surface area contributed by atoms with Gasteiger partial charge in [0.2, 0.25) is 0 Å². The van der Waals surface area contributed by atoms with E-state index in [4.69, 9.17) is 4.74 Å². The number of hydrogen-bond donors (Lipinski definition) is 2. The number of rotatable bonds is 5. The zero-order chi connectivity index (χ0) is 15.5. The Morgan fingerprint density at radius 2 is 2.14 bits per heavy atom. The molecule has 1 aliphatic rings.